The number of ether oxygens (including phenoxy) is 1. The molecule has 1 aromatic rings. The molecule has 2 amide bonds. The monoisotopic (exact) mass is 364 g/mol. The Morgan fingerprint density at radius 2 is 2.20 bits per heavy atom. The molecule has 2 fully saturated rings. The van der Waals surface area contributed by atoms with Gasteiger partial charge in [0, 0.05) is 43.5 Å². The largest absolute Gasteiger partial charge is 0.383 e. The Bertz CT molecular complexity index is 630. The summed E-state index contributed by atoms with van der Waals surface area (Å²) in [6.07, 6.45) is 4.80. The minimum atomic E-state index is -0.371. The van der Waals surface area contributed by atoms with Crippen LogP contribution in [0, 0.1) is 5.41 Å². The van der Waals surface area contributed by atoms with Gasteiger partial charge in [-0.25, -0.2) is 0 Å². The standard InChI is InChI=1S/C19H28N2O3S/c1-3-5-16-12-15(13-25-16)17(22)21-9-7-19(14-21)6-4-8-20(18(19)23)10-11-24-2/h12-13H,3-11,14H2,1-2H3/t19-/m0/s1. The molecular weight excluding hydrogens is 336 g/mol. The van der Waals surface area contributed by atoms with Crippen molar-refractivity contribution in [2.45, 2.75) is 39.0 Å². The Labute approximate surface area is 153 Å². The predicted molar refractivity (Wildman–Crippen MR) is 99.0 cm³/mol. The highest BCUT2D eigenvalue weighted by Crippen LogP contribution is 2.40. The summed E-state index contributed by atoms with van der Waals surface area (Å²) < 4.78 is 5.13. The summed E-state index contributed by atoms with van der Waals surface area (Å²) in [5.41, 5.74) is 0.411. The molecule has 138 valence electrons. The van der Waals surface area contributed by atoms with Crippen LogP contribution in [0.4, 0.5) is 0 Å². The Balaban J connectivity index is 1.67. The van der Waals surface area contributed by atoms with Gasteiger partial charge in [0.25, 0.3) is 5.91 Å². The van der Waals surface area contributed by atoms with Crippen LogP contribution >= 0.6 is 11.3 Å². The van der Waals surface area contributed by atoms with Gasteiger partial charge in [0.15, 0.2) is 0 Å². The number of hydrogen-bond acceptors (Lipinski definition) is 4. The zero-order chi connectivity index (χ0) is 17.9. The van der Waals surface area contributed by atoms with E-state index in [0.29, 0.717) is 26.2 Å². The Kier molecular flexibility index (Phi) is 5.79. The van der Waals surface area contributed by atoms with Gasteiger partial charge in [0.1, 0.15) is 0 Å². The van der Waals surface area contributed by atoms with Crippen molar-refractivity contribution in [2.75, 3.05) is 39.9 Å². The molecule has 5 nitrogen and oxygen atoms in total. The van der Waals surface area contributed by atoms with E-state index < -0.39 is 0 Å². The van der Waals surface area contributed by atoms with Crippen LogP contribution in [0.5, 0.6) is 0 Å². The van der Waals surface area contributed by atoms with E-state index >= 15 is 0 Å². The number of aryl methyl sites for hydroxylation is 1. The lowest BCUT2D eigenvalue weighted by molar-refractivity contribution is -0.146. The Hall–Kier alpha value is -1.40. The fraction of sp³-hybridized carbons (Fsp3) is 0.684. The first-order valence-electron chi connectivity index (χ1n) is 9.24. The molecule has 0 aromatic carbocycles. The molecule has 2 aliphatic rings. The lowest BCUT2D eigenvalue weighted by atomic mass is 9.78. The van der Waals surface area contributed by atoms with E-state index in [1.807, 2.05) is 21.2 Å². The number of methoxy groups -OCH3 is 1. The normalized spacial score (nSPS) is 23.7. The molecule has 0 radical (unpaired) electrons. The van der Waals surface area contributed by atoms with Gasteiger partial charge < -0.3 is 14.5 Å². The maximum absolute atomic E-state index is 13.0. The maximum Gasteiger partial charge on any atom is 0.254 e. The number of rotatable bonds is 6. The fourth-order valence-corrected chi connectivity index (χ4v) is 5.01. The summed E-state index contributed by atoms with van der Waals surface area (Å²) in [5.74, 6) is 0.292. The molecule has 6 heteroatoms. The summed E-state index contributed by atoms with van der Waals surface area (Å²) >= 11 is 1.66. The number of likely N-dealkylation sites (tertiary alicyclic amines) is 2. The minimum absolute atomic E-state index is 0.0808. The lowest BCUT2D eigenvalue weighted by Gasteiger charge is -2.39. The predicted octanol–water partition coefficient (Wildman–Crippen LogP) is 2.80. The van der Waals surface area contributed by atoms with Crippen LogP contribution in [0.25, 0.3) is 0 Å². The number of carbonyl (C=O) groups excluding carboxylic acids is 2. The fourth-order valence-electron chi connectivity index (χ4n) is 4.04. The van der Waals surface area contributed by atoms with Crippen LogP contribution in [0.2, 0.25) is 0 Å². The van der Waals surface area contributed by atoms with Crippen molar-refractivity contribution in [3.05, 3.63) is 21.9 Å². The molecule has 0 aliphatic carbocycles. The SMILES string of the molecule is CCCc1cc(C(=O)N2CC[C@@]3(CCCN(CCOC)C3=O)C2)cs1. The van der Waals surface area contributed by atoms with Crippen LogP contribution in [0.3, 0.4) is 0 Å². The number of thiophene rings is 1. The third-order valence-corrected chi connectivity index (χ3v) is 6.42. The molecule has 2 saturated heterocycles. The Morgan fingerprint density at radius 1 is 1.36 bits per heavy atom. The van der Waals surface area contributed by atoms with Gasteiger partial charge in [-0.05, 0) is 31.7 Å². The third-order valence-electron chi connectivity index (χ3n) is 5.43. The molecule has 1 spiro atoms. The maximum atomic E-state index is 13.0. The molecule has 3 heterocycles. The summed E-state index contributed by atoms with van der Waals surface area (Å²) in [6, 6.07) is 2.02. The average molecular weight is 365 g/mol. The van der Waals surface area contributed by atoms with E-state index in [1.54, 1.807) is 18.4 Å². The van der Waals surface area contributed by atoms with Crippen molar-refractivity contribution in [1.29, 1.82) is 0 Å². The highest BCUT2D eigenvalue weighted by atomic mass is 32.1. The van der Waals surface area contributed by atoms with Gasteiger partial charge >= 0.3 is 0 Å². The minimum Gasteiger partial charge on any atom is -0.383 e. The van der Waals surface area contributed by atoms with Gasteiger partial charge in [-0.15, -0.1) is 11.3 Å². The molecule has 1 aromatic heterocycles. The van der Waals surface area contributed by atoms with Gasteiger partial charge in [-0.3, -0.25) is 9.59 Å². The van der Waals surface area contributed by atoms with E-state index in [9.17, 15) is 9.59 Å². The van der Waals surface area contributed by atoms with Crippen molar-refractivity contribution in [3.63, 3.8) is 0 Å². The molecule has 2 aliphatic heterocycles. The first-order valence-corrected chi connectivity index (χ1v) is 10.1. The summed E-state index contributed by atoms with van der Waals surface area (Å²) in [6.45, 7) is 5.42. The second kappa shape index (κ2) is 7.87. The highest BCUT2D eigenvalue weighted by Gasteiger charge is 2.49. The third kappa shape index (κ3) is 3.75. The van der Waals surface area contributed by atoms with Crippen molar-refractivity contribution >= 4 is 23.2 Å². The zero-order valence-corrected chi connectivity index (χ0v) is 16.1. The second-order valence-electron chi connectivity index (χ2n) is 7.20. The summed E-state index contributed by atoms with van der Waals surface area (Å²) in [7, 11) is 1.66. The van der Waals surface area contributed by atoms with Crippen molar-refractivity contribution in [3.8, 4) is 0 Å². The summed E-state index contributed by atoms with van der Waals surface area (Å²) in [4.78, 5) is 30.9. The molecule has 0 bridgehead atoms. The molecule has 25 heavy (non-hydrogen) atoms. The number of piperidine rings is 1. The molecule has 0 saturated carbocycles. The Morgan fingerprint density at radius 3 is 2.96 bits per heavy atom. The quantitative estimate of drug-likeness (QED) is 0.780. The number of carbonyl (C=O) groups is 2. The average Bonchev–Trinajstić information content (AvgIpc) is 3.24. The van der Waals surface area contributed by atoms with Crippen molar-refractivity contribution in [1.82, 2.24) is 9.80 Å². The molecule has 3 rings (SSSR count). The smallest absolute Gasteiger partial charge is 0.254 e. The molecule has 0 unspecified atom stereocenters. The van der Waals surface area contributed by atoms with Crippen LogP contribution in [-0.2, 0) is 16.0 Å². The van der Waals surface area contributed by atoms with Crippen LogP contribution in [0.1, 0.15) is 47.8 Å². The van der Waals surface area contributed by atoms with Crippen molar-refractivity contribution < 1.29 is 14.3 Å². The van der Waals surface area contributed by atoms with Gasteiger partial charge in [0.05, 0.1) is 17.6 Å². The van der Waals surface area contributed by atoms with Gasteiger partial charge in [0.2, 0.25) is 5.91 Å². The van der Waals surface area contributed by atoms with Crippen LogP contribution in [-0.4, -0.2) is 61.5 Å². The highest BCUT2D eigenvalue weighted by molar-refractivity contribution is 7.10. The second-order valence-corrected chi connectivity index (χ2v) is 8.19. The molecular formula is C19H28N2O3S. The first-order chi connectivity index (χ1) is 12.1. The topological polar surface area (TPSA) is 49.9 Å². The van der Waals surface area contributed by atoms with Crippen LogP contribution < -0.4 is 0 Å². The summed E-state index contributed by atoms with van der Waals surface area (Å²) in [5, 5.41) is 1.96. The van der Waals surface area contributed by atoms with Gasteiger partial charge in [-0.1, -0.05) is 13.3 Å². The molecule has 1 atom stereocenters. The first kappa shape index (κ1) is 18.4. The van der Waals surface area contributed by atoms with E-state index in [1.165, 1.54) is 4.88 Å². The number of hydrogen-bond donors (Lipinski definition) is 0. The van der Waals surface area contributed by atoms with Crippen LogP contribution in [0.15, 0.2) is 11.4 Å². The molecule has 0 N–H and O–H groups in total. The van der Waals surface area contributed by atoms with Gasteiger partial charge in [-0.2, -0.15) is 0 Å². The van der Waals surface area contributed by atoms with E-state index in [4.69, 9.17) is 4.74 Å². The number of nitrogens with zero attached hydrogens (tertiary/aromatic N) is 2. The van der Waals surface area contributed by atoms with E-state index in [-0.39, 0.29) is 17.2 Å². The van der Waals surface area contributed by atoms with E-state index in [2.05, 4.69) is 6.92 Å². The lowest BCUT2D eigenvalue weighted by Crippen LogP contribution is -2.51. The zero-order valence-electron chi connectivity index (χ0n) is 15.3. The number of amides is 2. The van der Waals surface area contributed by atoms with Crippen molar-refractivity contribution in [2.24, 2.45) is 5.41 Å². The van der Waals surface area contributed by atoms with E-state index in [0.717, 1.165) is 44.2 Å².